The molecule has 0 amide bonds. The Labute approximate surface area is 109 Å². The fourth-order valence-corrected chi connectivity index (χ4v) is 2.10. The molecule has 0 aromatic heterocycles. The molecule has 0 saturated carbocycles. The zero-order chi connectivity index (χ0) is 12.6. The van der Waals surface area contributed by atoms with Crippen molar-refractivity contribution in [1.82, 2.24) is 0 Å². The van der Waals surface area contributed by atoms with E-state index in [0.29, 0.717) is 0 Å². The van der Waals surface area contributed by atoms with Crippen LogP contribution >= 0.6 is 0 Å². The highest BCUT2D eigenvalue weighted by Crippen LogP contribution is 2.10. The summed E-state index contributed by atoms with van der Waals surface area (Å²) in [5.74, 6) is 0. The van der Waals surface area contributed by atoms with Crippen LogP contribution < -0.4 is 0 Å². The van der Waals surface area contributed by atoms with E-state index in [1.807, 2.05) is 18.2 Å². The largest absolute Gasteiger partial charge is 0.192 e. The van der Waals surface area contributed by atoms with E-state index < -0.39 is 0 Å². The minimum absolute atomic E-state index is 0.760. The van der Waals surface area contributed by atoms with E-state index in [1.54, 1.807) is 0 Å². The van der Waals surface area contributed by atoms with Gasteiger partial charge >= 0.3 is 0 Å². The molecule has 2 aromatic carbocycles. The molecule has 0 radical (unpaired) electrons. The maximum atomic E-state index is 8.83. The van der Waals surface area contributed by atoms with E-state index in [1.165, 1.54) is 24.0 Å². The van der Waals surface area contributed by atoms with Crippen molar-refractivity contribution in [3.05, 3.63) is 71.3 Å². The highest BCUT2D eigenvalue weighted by atomic mass is 14.2. The van der Waals surface area contributed by atoms with Crippen molar-refractivity contribution in [1.29, 1.82) is 5.26 Å². The molecule has 2 rings (SSSR count). The molecule has 0 saturated heterocycles. The third kappa shape index (κ3) is 3.75. The lowest BCUT2D eigenvalue weighted by Crippen LogP contribution is -1.89. The number of rotatable bonds is 5. The van der Waals surface area contributed by atoms with Crippen LogP contribution in [0.3, 0.4) is 0 Å². The van der Waals surface area contributed by atoms with Crippen LogP contribution in [-0.4, -0.2) is 0 Å². The first-order valence-corrected chi connectivity index (χ1v) is 6.41. The zero-order valence-corrected chi connectivity index (χ0v) is 10.5. The lowest BCUT2D eigenvalue weighted by atomic mass is 10.0. The molecule has 18 heavy (non-hydrogen) atoms. The Morgan fingerprint density at radius 3 is 2.17 bits per heavy atom. The molecule has 0 aliphatic rings. The SMILES string of the molecule is N#Cc1cccc(CCCCc2ccccc2)c1. The van der Waals surface area contributed by atoms with Crippen molar-refractivity contribution in [2.24, 2.45) is 0 Å². The topological polar surface area (TPSA) is 23.8 Å². The maximum absolute atomic E-state index is 8.83. The molecule has 90 valence electrons. The van der Waals surface area contributed by atoms with Gasteiger partial charge in [-0.2, -0.15) is 5.26 Å². The van der Waals surface area contributed by atoms with Crippen LogP contribution in [0.4, 0.5) is 0 Å². The van der Waals surface area contributed by atoms with E-state index in [0.717, 1.165) is 18.4 Å². The molecule has 0 heterocycles. The second kappa shape index (κ2) is 6.61. The van der Waals surface area contributed by atoms with Gasteiger partial charge in [-0.3, -0.25) is 0 Å². The summed E-state index contributed by atoms with van der Waals surface area (Å²) >= 11 is 0. The molecule has 1 nitrogen and oxygen atoms in total. The van der Waals surface area contributed by atoms with Crippen molar-refractivity contribution < 1.29 is 0 Å². The third-order valence-electron chi connectivity index (χ3n) is 3.08. The number of nitrogens with zero attached hydrogens (tertiary/aromatic N) is 1. The quantitative estimate of drug-likeness (QED) is 0.715. The summed E-state index contributed by atoms with van der Waals surface area (Å²) in [6, 6.07) is 20.7. The molecule has 1 heteroatoms. The van der Waals surface area contributed by atoms with Gasteiger partial charge in [-0.25, -0.2) is 0 Å². The fourth-order valence-electron chi connectivity index (χ4n) is 2.10. The standard InChI is InChI=1S/C17H17N/c18-14-17-12-6-11-16(13-17)10-5-4-9-15-7-2-1-3-8-15/h1-3,6-8,11-13H,4-5,9-10H2. The van der Waals surface area contributed by atoms with Crippen molar-refractivity contribution in [3.8, 4) is 6.07 Å². The van der Waals surface area contributed by atoms with Gasteiger partial charge < -0.3 is 0 Å². The van der Waals surface area contributed by atoms with Gasteiger partial charge in [0.15, 0.2) is 0 Å². The molecule has 0 spiro atoms. The number of benzene rings is 2. The monoisotopic (exact) mass is 235 g/mol. The summed E-state index contributed by atoms with van der Waals surface area (Å²) in [7, 11) is 0. The summed E-state index contributed by atoms with van der Waals surface area (Å²) in [5.41, 5.74) is 3.43. The zero-order valence-electron chi connectivity index (χ0n) is 10.5. The Morgan fingerprint density at radius 2 is 1.44 bits per heavy atom. The Morgan fingerprint density at radius 1 is 0.778 bits per heavy atom. The Kier molecular flexibility index (Phi) is 4.55. The van der Waals surface area contributed by atoms with Gasteiger partial charge in [-0.15, -0.1) is 0 Å². The number of unbranched alkanes of at least 4 members (excludes halogenated alkanes) is 1. The smallest absolute Gasteiger partial charge is 0.0991 e. The molecule has 0 aliphatic carbocycles. The van der Waals surface area contributed by atoms with Gasteiger partial charge in [0.1, 0.15) is 0 Å². The highest BCUT2D eigenvalue weighted by molar-refractivity contribution is 5.32. The van der Waals surface area contributed by atoms with Gasteiger partial charge in [-0.1, -0.05) is 42.5 Å². The lowest BCUT2D eigenvalue weighted by molar-refractivity contribution is 0.734. The van der Waals surface area contributed by atoms with Crippen LogP contribution in [0.25, 0.3) is 0 Å². The van der Waals surface area contributed by atoms with Gasteiger partial charge in [0.2, 0.25) is 0 Å². The molecule has 0 bridgehead atoms. The molecule has 0 fully saturated rings. The summed E-state index contributed by atoms with van der Waals surface area (Å²) in [6.07, 6.45) is 4.56. The maximum Gasteiger partial charge on any atom is 0.0991 e. The Balaban J connectivity index is 1.77. The van der Waals surface area contributed by atoms with Crippen molar-refractivity contribution in [2.75, 3.05) is 0 Å². The molecular weight excluding hydrogens is 218 g/mol. The van der Waals surface area contributed by atoms with E-state index in [9.17, 15) is 0 Å². The fraction of sp³-hybridized carbons (Fsp3) is 0.235. The molecule has 2 aromatic rings. The number of hydrogen-bond acceptors (Lipinski definition) is 1. The third-order valence-corrected chi connectivity index (χ3v) is 3.08. The van der Waals surface area contributed by atoms with E-state index in [4.69, 9.17) is 5.26 Å². The highest BCUT2D eigenvalue weighted by Gasteiger charge is 1.96. The molecule has 0 N–H and O–H groups in total. The number of aryl methyl sites for hydroxylation is 2. The van der Waals surface area contributed by atoms with E-state index in [-0.39, 0.29) is 0 Å². The average Bonchev–Trinajstić information content (AvgIpc) is 2.45. The van der Waals surface area contributed by atoms with Gasteiger partial charge in [-0.05, 0) is 48.9 Å². The van der Waals surface area contributed by atoms with Crippen LogP contribution in [0, 0.1) is 11.3 Å². The summed E-state index contributed by atoms with van der Waals surface area (Å²) in [4.78, 5) is 0. The predicted molar refractivity (Wildman–Crippen MR) is 74.2 cm³/mol. The normalized spacial score (nSPS) is 9.94. The summed E-state index contributed by atoms with van der Waals surface area (Å²) < 4.78 is 0. The molecule has 0 unspecified atom stereocenters. The number of hydrogen-bond donors (Lipinski definition) is 0. The van der Waals surface area contributed by atoms with Crippen molar-refractivity contribution >= 4 is 0 Å². The lowest BCUT2D eigenvalue weighted by Gasteiger charge is -2.03. The van der Waals surface area contributed by atoms with Crippen molar-refractivity contribution in [2.45, 2.75) is 25.7 Å². The Bertz CT molecular complexity index is 523. The van der Waals surface area contributed by atoms with Crippen LogP contribution in [0.15, 0.2) is 54.6 Å². The second-order valence-electron chi connectivity index (χ2n) is 4.50. The van der Waals surface area contributed by atoms with Crippen molar-refractivity contribution in [3.63, 3.8) is 0 Å². The number of nitriles is 1. The van der Waals surface area contributed by atoms with Crippen LogP contribution in [-0.2, 0) is 12.8 Å². The van der Waals surface area contributed by atoms with E-state index >= 15 is 0 Å². The van der Waals surface area contributed by atoms with Crippen LogP contribution in [0.2, 0.25) is 0 Å². The second-order valence-corrected chi connectivity index (χ2v) is 4.50. The van der Waals surface area contributed by atoms with Crippen LogP contribution in [0.1, 0.15) is 29.5 Å². The first-order valence-electron chi connectivity index (χ1n) is 6.41. The van der Waals surface area contributed by atoms with Gasteiger partial charge in [0, 0.05) is 0 Å². The summed E-state index contributed by atoms with van der Waals surface area (Å²) in [5, 5.41) is 8.83. The minimum Gasteiger partial charge on any atom is -0.192 e. The van der Waals surface area contributed by atoms with Crippen LogP contribution in [0.5, 0.6) is 0 Å². The van der Waals surface area contributed by atoms with Gasteiger partial charge in [0.25, 0.3) is 0 Å². The minimum atomic E-state index is 0.760. The van der Waals surface area contributed by atoms with Gasteiger partial charge in [0.05, 0.1) is 11.6 Å². The first-order chi connectivity index (χ1) is 8.88. The molecule has 0 atom stereocenters. The predicted octanol–water partition coefficient (Wildman–Crippen LogP) is 4.12. The average molecular weight is 235 g/mol. The first kappa shape index (κ1) is 12.4. The molecular formula is C17H17N. The summed E-state index contributed by atoms with van der Waals surface area (Å²) in [6.45, 7) is 0. The Hall–Kier alpha value is -2.07. The van der Waals surface area contributed by atoms with E-state index in [2.05, 4.69) is 42.5 Å². The molecule has 0 aliphatic heterocycles.